The molecule has 2 aromatic rings. The standard InChI is InChI=1S/C13H17N3/c1-9(14-10-7-8-10)13-15-11-5-3-4-6-12(11)16(13)2/h3-6,9-10,14H,7-8H2,1-2H3. The number of hydrogen-bond donors (Lipinski definition) is 1. The van der Waals surface area contributed by atoms with E-state index in [2.05, 4.69) is 42.1 Å². The van der Waals surface area contributed by atoms with Gasteiger partial charge in [-0.2, -0.15) is 0 Å². The summed E-state index contributed by atoms with van der Waals surface area (Å²) in [6, 6.07) is 9.35. The van der Waals surface area contributed by atoms with Crippen LogP contribution in [0.4, 0.5) is 0 Å². The van der Waals surface area contributed by atoms with E-state index in [0.29, 0.717) is 6.04 Å². The van der Waals surface area contributed by atoms with Crippen molar-refractivity contribution < 1.29 is 0 Å². The third-order valence-electron chi connectivity index (χ3n) is 3.27. The van der Waals surface area contributed by atoms with Gasteiger partial charge in [-0.05, 0) is 31.9 Å². The van der Waals surface area contributed by atoms with Gasteiger partial charge in [0.25, 0.3) is 0 Å². The average Bonchev–Trinajstić information content (AvgIpc) is 3.03. The van der Waals surface area contributed by atoms with Crippen molar-refractivity contribution in [3.05, 3.63) is 30.1 Å². The van der Waals surface area contributed by atoms with Gasteiger partial charge in [0.2, 0.25) is 0 Å². The summed E-state index contributed by atoms with van der Waals surface area (Å²) in [5.74, 6) is 1.13. The average molecular weight is 215 g/mol. The number of fused-ring (bicyclic) bond motifs is 1. The SMILES string of the molecule is CC(NC1CC1)c1nc2ccccc2n1C. The lowest BCUT2D eigenvalue weighted by Crippen LogP contribution is -2.23. The molecule has 0 radical (unpaired) electrons. The fraction of sp³-hybridized carbons (Fsp3) is 0.462. The molecule has 1 aliphatic carbocycles. The fourth-order valence-corrected chi connectivity index (χ4v) is 2.23. The predicted molar refractivity (Wildman–Crippen MR) is 65.3 cm³/mol. The molecule has 1 aromatic heterocycles. The molecule has 1 atom stereocenters. The second-order valence-corrected chi connectivity index (χ2v) is 4.68. The van der Waals surface area contributed by atoms with Gasteiger partial charge in [-0.3, -0.25) is 0 Å². The van der Waals surface area contributed by atoms with E-state index in [4.69, 9.17) is 4.98 Å². The lowest BCUT2D eigenvalue weighted by Gasteiger charge is -2.12. The Bertz CT molecular complexity index is 511. The van der Waals surface area contributed by atoms with Gasteiger partial charge in [0.05, 0.1) is 17.1 Å². The largest absolute Gasteiger partial charge is 0.330 e. The van der Waals surface area contributed by atoms with E-state index < -0.39 is 0 Å². The zero-order valence-electron chi connectivity index (χ0n) is 9.77. The van der Waals surface area contributed by atoms with Crippen LogP contribution in [0.1, 0.15) is 31.6 Å². The Balaban J connectivity index is 1.98. The zero-order chi connectivity index (χ0) is 11.1. The first kappa shape index (κ1) is 9.85. The molecule has 0 amide bonds. The van der Waals surface area contributed by atoms with Crippen molar-refractivity contribution in [3.8, 4) is 0 Å². The Hall–Kier alpha value is -1.35. The van der Waals surface area contributed by atoms with Crippen LogP contribution in [0.25, 0.3) is 11.0 Å². The van der Waals surface area contributed by atoms with Crippen LogP contribution in [0.3, 0.4) is 0 Å². The van der Waals surface area contributed by atoms with Gasteiger partial charge in [0, 0.05) is 13.1 Å². The van der Waals surface area contributed by atoms with Gasteiger partial charge < -0.3 is 9.88 Å². The van der Waals surface area contributed by atoms with Crippen LogP contribution in [0.2, 0.25) is 0 Å². The van der Waals surface area contributed by atoms with Crippen molar-refractivity contribution in [3.63, 3.8) is 0 Å². The second kappa shape index (κ2) is 3.59. The number of aryl methyl sites for hydroxylation is 1. The molecule has 0 aliphatic heterocycles. The van der Waals surface area contributed by atoms with Crippen LogP contribution in [0.5, 0.6) is 0 Å². The summed E-state index contributed by atoms with van der Waals surface area (Å²) in [5.41, 5.74) is 2.30. The van der Waals surface area contributed by atoms with Crippen molar-refractivity contribution in [2.45, 2.75) is 31.8 Å². The number of nitrogens with one attached hydrogen (secondary N) is 1. The smallest absolute Gasteiger partial charge is 0.126 e. The first-order valence-electron chi connectivity index (χ1n) is 5.93. The maximum absolute atomic E-state index is 4.69. The molecule has 1 aromatic carbocycles. The summed E-state index contributed by atoms with van der Waals surface area (Å²) in [6.07, 6.45) is 2.63. The molecule has 1 saturated carbocycles. The highest BCUT2D eigenvalue weighted by Crippen LogP contribution is 2.25. The molecule has 1 aliphatic rings. The number of nitrogens with zero attached hydrogens (tertiary/aromatic N) is 2. The van der Waals surface area contributed by atoms with Crippen LogP contribution in [0.15, 0.2) is 24.3 Å². The van der Waals surface area contributed by atoms with Crippen LogP contribution < -0.4 is 5.32 Å². The number of rotatable bonds is 3. The zero-order valence-corrected chi connectivity index (χ0v) is 9.77. The summed E-state index contributed by atoms with van der Waals surface area (Å²) in [4.78, 5) is 4.69. The highest BCUT2D eigenvalue weighted by atomic mass is 15.1. The Kier molecular flexibility index (Phi) is 2.21. The Morgan fingerprint density at radius 1 is 1.38 bits per heavy atom. The summed E-state index contributed by atoms with van der Waals surface area (Å²) < 4.78 is 2.19. The minimum absolute atomic E-state index is 0.338. The van der Waals surface area contributed by atoms with Crippen molar-refractivity contribution in [2.24, 2.45) is 7.05 Å². The number of benzene rings is 1. The molecule has 3 rings (SSSR count). The van der Waals surface area contributed by atoms with E-state index in [9.17, 15) is 0 Å². The lowest BCUT2D eigenvalue weighted by atomic mass is 10.3. The molecule has 16 heavy (non-hydrogen) atoms. The lowest BCUT2D eigenvalue weighted by molar-refractivity contribution is 0.530. The number of hydrogen-bond acceptors (Lipinski definition) is 2. The Labute approximate surface area is 95.5 Å². The fourth-order valence-electron chi connectivity index (χ4n) is 2.23. The molecule has 0 saturated heterocycles. The topological polar surface area (TPSA) is 29.9 Å². The van der Waals surface area contributed by atoms with Crippen LogP contribution in [-0.2, 0) is 7.05 Å². The highest BCUT2D eigenvalue weighted by molar-refractivity contribution is 5.75. The van der Waals surface area contributed by atoms with E-state index in [1.54, 1.807) is 0 Å². The molecule has 1 N–H and O–H groups in total. The predicted octanol–water partition coefficient (Wildman–Crippen LogP) is 2.39. The third-order valence-corrected chi connectivity index (χ3v) is 3.27. The molecule has 3 heteroatoms. The third kappa shape index (κ3) is 1.61. The van der Waals surface area contributed by atoms with Crippen molar-refractivity contribution in [1.29, 1.82) is 0 Å². The van der Waals surface area contributed by atoms with E-state index in [1.165, 1.54) is 18.4 Å². The monoisotopic (exact) mass is 215 g/mol. The molecular formula is C13H17N3. The van der Waals surface area contributed by atoms with Crippen LogP contribution in [-0.4, -0.2) is 15.6 Å². The first-order chi connectivity index (χ1) is 7.75. The molecule has 0 bridgehead atoms. The molecule has 1 unspecified atom stereocenters. The molecule has 1 heterocycles. The summed E-state index contributed by atoms with van der Waals surface area (Å²) in [6.45, 7) is 2.19. The maximum Gasteiger partial charge on any atom is 0.126 e. The van der Waals surface area contributed by atoms with Crippen molar-refractivity contribution in [1.82, 2.24) is 14.9 Å². The van der Waals surface area contributed by atoms with E-state index in [1.807, 2.05) is 6.07 Å². The van der Waals surface area contributed by atoms with Crippen molar-refractivity contribution in [2.75, 3.05) is 0 Å². The van der Waals surface area contributed by atoms with Crippen LogP contribution in [0, 0.1) is 0 Å². The molecule has 0 spiro atoms. The molecule has 84 valence electrons. The van der Waals surface area contributed by atoms with E-state index >= 15 is 0 Å². The van der Waals surface area contributed by atoms with E-state index in [-0.39, 0.29) is 0 Å². The molecule has 3 nitrogen and oxygen atoms in total. The first-order valence-corrected chi connectivity index (χ1v) is 5.93. The normalized spacial score (nSPS) is 17.9. The van der Waals surface area contributed by atoms with Crippen molar-refractivity contribution >= 4 is 11.0 Å². The number of imidazole rings is 1. The van der Waals surface area contributed by atoms with Gasteiger partial charge in [-0.15, -0.1) is 0 Å². The highest BCUT2D eigenvalue weighted by Gasteiger charge is 2.25. The van der Waals surface area contributed by atoms with Crippen LogP contribution >= 0.6 is 0 Å². The molecule has 1 fully saturated rings. The Morgan fingerprint density at radius 2 is 2.12 bits per heavy atom. The Morgan fingerprint density at radius 3 is 2.81 bits per heavy atom. The van der Waals surface area contributed by atoms with Gasteiger partial charge in [-0.1, -0.05) is 12.1 Å². The maximum atomic E-state index is 4.69. The summed E-state index contributed by atoms with van der Waals surface area (Å²) >= 11 is 0. The minimum Gasteiger partial charge on any atom is -0.330 e. The summed E-state index contributed by atoms with van der Waals surface area (Å²) in [7, 11) is 2.09. The van der Waals surface area contributed by atoms with Gasteiger partial charge in [-0.25, -0.2) is 4.98 Å². The van der Waals surface area contributed by atoms with Gasteiger partial charge >= 0.3 is 0 Å². The second-order valence-electron chi connectivity index (χ2n) is 4.68. The summed E-state index contributed by atoms with van der Waals surface area (Å²) in [5, 5.41) is 3.59. The van der Waals surface area contributed by atoms with Gasteiger partial charge in [0.15, 0.2) is 0 Å². The minimum atomic E-state index is 0.338. The number of aromatic nitrogens is 2. The molecular weight excluding hydrogens is 198 g/mol. The van der Waals surface area contributed by atoms with E-state index in [0.717, 1.165) is 17.4 Å². The van der Waals surface area contributed by atoms with Gasteiger partial charge in [0.1, 0.15) is 5.82 Å². The number of para-hydroxylation sites is 2. The quantitative estimate of drug-likeness (QED) is 0.852.